The summed E-state index contributed by atoms with van der Waals surface area (Å²) < 4.78 is 10.1. The number of aliphatic hydroxyl groups excluding tert-OH is 1. The quantitative estimate of drug-likeness (QED) is 0.590. The van der Waals surface area contributed by atoms with Gasteiger partial charge in [0.1, 0.15) is 18.6 Å². The molecule has 1 N–H and O–H groups in total. The van der Waals surface area contributed by atoms with Crippen LogP contribution in [0.1, 0.15) is 19.1 Å². The van der Waals surface area contributed by atoms with Crippen molar-refractivity contribution < 1.29 is 14.3 Å². The lowest BCUT2D eigenvalue weighted by molar-refractivity contribution is 0.238. The maximum absolute atomic E-state index is 11.3. The Kier molecular flexibility index (Phi) is 4.45. The zero-order valence-corrected chi connectivity index (χ0v) is 8.45. The van der Waals surface area contributed by atoms with Gasteiger partial charge in [-0.05, 0) is 6.92 Å². The Hall–Kier alpha value is -1.73. The molecule has 0 atom stereocenters. The predicted molar refractivity (Wildman–Crippen MR) is 54.5 cm³/mol. The van der Waals surface area contributed by atoms with Gasteiger partial charge in [-0.3, -0.25) is 4.79 Å². The van der Waals surface area contributed by atoms with Gasteiger partial charge in [0.05, 0.1) is 6.61 Å². The second-order valence-corrected chi connectivity index (χ2v) is 2.76. The van der Waals surface area contributed by atoms with E-state index < -0.39 is 0 Å². The second-order valence-electron chi connectivity index (χ2n) is 2.76. The Morgan fingerprint density at radius 1 is 1.60 bits per heavy atom. The Labute approximate surface area is 87.5 Å². The van der Waals surface area contributed by atoms with E-state index in [-0.39, 0.29) is 23.5 Å². The predicted octanol–water partition coefficient (Wildman–Crippen LogP) is 0.924. The van der Waals surface area contributed by atoms with Crippen molar-refractivity contribution in [3.8, 4) is 17.6 Å². The van der Waals surface area contributed by atoms with E-state index >= 15 is 0 Å². The summed E-state index contributed by atoms with van der Waals surface area (Å²) in [6.45, 7) is 1.80. The van der Waals surface area contributed by atoms with E-state index in [1.54, 1.807) is 6.92 Å². The zero-order chi connectivity index (χ0) is 11.1. The van der Waals surface area contributed by atoms with Crippen LogP contribution in [0.2, 0.25) is 0 Å². The van der Waals surface area contributed by atoms with Gasteiger partial charge in [-0.15, -0.1) is 11.8 Å². The first-order valence-electron chi connectivity index (χ1n) is 4.53. The molecule has 1 heterocycles. The summed E-state index contributed by atoms with van der Waals surface area (Å²) in [4.78, 5) is 11.3. The van der Waals surface area contributed by atoms with Crippen molar-refractivity contribution in [3.05, 3.63) is 28.3 Å². The molecule has 15 heavy (non-hydrogen) atoms. The van der Waals surface area contributed by atoms with Crippen molar-refractivity contribution in [1.82, 2.24) is 0 Å². The van der Waals surface area contributed by atoms with E-state index in [4.69, 9.17) is 14.3 Å². The van der Waals surface area contributed by atoms with Crippen molar-refractivity contribution in [1.29, 1.82) is 0 Å². The Bertz CT molecular complexity index is 422. The minimum Gasteiger partial charge on any atom is -0.486 e. The first kappa shape index (κ1) is 11.3. The van der Waals surface area contributed by atoms with E-state index in [0.29, 0.717) is 13.0 Å². The van der Waals surface area contributed by atoms with Crippen molar-refractivity contribution in [2.45, 2.75) is 20.0 Å². The molecule has 0 aromatic carbocycles. The molecular formula is C11H12O4. The molecular weight excluding hydrogens is 196 g/mol. The van der Waals surface area contributed by atoms with Gasteiger partial charge in [0.25, 0.3) is 0 Å². The van der Waals surface area contributed by atoms with Crippen molar-refractivity contribution in [3.63, 3.8) is 0 Å². The molecule has 0 aliphatic rings. The summed E-state index contributed by atoms with van der Waals surface area (Å²) in [5, 5.41) is 8.71. The van der Waals surface area contributed by atoms with Crippen LogP contribution in [0, 0.1) is 11.8 Å². The summed E-state index contributed by atoms with van der Waals surface area (Å²) in [5.41, 5.74) is -0.297. The molecule has 0 amide bonds. The number of rotatable bonds is 4. The summed E-state index contributed by atoms with van der Waals surface area (Å²) >= 11 is 0. The first-order valence-corrected chi connectivity index (χ1v) is 4.53. The van der Waals surface area contributed by atoms with Crippen LogP contribution >= 0.6 is 0 Å². The molecule has 4 heteroatoms. The molecule has 0 radical (unpaired) electrons. The molecule has 0 fully saturated rings. The van der Waals surface area contributed by atoms with Crippen molar-refractivity contribution >= 4 is 0 Å². The fourth-order valence-electron chi connectivity index (χ4n) is 0.964. The second kappa shape index (κ2) is 5.89. The standard InChI is InChI=1S/C11H12O4/c1-2-3-4-5-14-11-8-15-9(7-12)6-10(11)13/h6,8,12H,4-5,7H2,1H3. The highest BCUT2D eigenvalue weighted by Gasteiger charge is 2.02. The van der Waals surface area contributed by atoms with Gasteiger partial charge in [0.2, 0.25) is 11.2 Å². The van der Waals surface area contributed by atoms with Crippen LogP contribution in [0.3, 0.4) is 0 Å². The lowest BCUT2D eigenvalue weighted by Crippen LogP contribution is -2.08. The number of ether oxygens (including phenoxy) is 1. The summed E-state index contributed by atoms with van der Waals surface area (Å²) in [7, 11) is 0. The molecule has 1 aromatic rings. The van der Waals surface area contributed by atoms with E-state index in [1.807, 2.05) is 0 Å². The van der Waals surface area contributed by atoms with Gasteiger partial charge in [-0.1, -0.05) is 0 Å². The fraction of sp³-hybridized carbons (Fsp3) is 0.364. The number of hydrogen-bond donors (Lipinski definition) is 1. The lowest BCUT2D eigenvalue weighted by atomic mass is 10.4. The average molecular weight is 208 g/mol. The summed E-state index contributed by atoms with van der Waals surface area (Å²) in [6, 6.07) is 1.21. The van der Waals surface area contributed by atoms with Crippen molar-refractivity contribution in [2.24, 2.45) is 0 Å². The normalized spacial score (nSPS) is 9.20. The number of aliphatic hydroxyl groups is 1. The van der Waals surface area contributed by atoms with Gasteiger partial charge >= 0.3 is 0 Å². The van der Waals surface area contributed by atoms with Crippen LogP contribution in [-0.4, -0.2) is 11.7 Å². The molecule has 0 saturated heterocycles. The van der Waals surface area contributed by atoms with Crippen LogP contribution in [-0.2, 0) is 6.61 Å². The largest absolute Gasteiger partial charge is 0.486 e. The Balaban J connectivity index is 2.61. The Morgan fingerprint density at radius 3 is 3.00 bits per heavy atom. The molecule has 0 saturated carbocycles. The molecule has 4 nitrogen and oxygen atoms in total. The van der Waals surface area contributed by atoms with Crippen LogP contribution in [0.25, 0.3) is 0 Å². The third-order valence-electron chi connectivity index (χ3n) is 1.67. The molecule has 0 bridgehead atoms. The van der Waals surface area contributed by atoms with Crippen LogP contribution in [0.5, 0.6) is 5.75 Å². The van der Waals surface area contributed by atoms with Gasteiger partial charge in [-0.2, -0.15) is 0 Å². The summed E-state index contributed by atoms with van der Waals surface area (Å²) in [6.07, 6.45) is 1.77. The molecule has 1 rings (SSSR count). The molecule has 0 aliphatic heterocycles. The number of hydrogen-bond acceptors (Lipinski definition) is 4. The maximum atomic E-state index is 11.3. The third-order valence-corrected chi connectivity index (χ3v) is 1.67. The first-order chi connectivity index (χ1) is 7.27. The highest BCUT2D eigenvalue weighted by molar-refractivity contribution is 5.17. The van der Waals surface area contributed by atoms with E-state index in [0.717, 1.165) is 0 Å². The maximum Gasteiger partial charge on any atom is 0.227 e. The Morgan fingerprint density at radius 2 is 2.40 bits per heavy atom. The lowest BCUT2D eigenvalue weighted by Gasteiger charge is -2.02. The minimum atomic E-state index is -0.297. The van der Waals surface area contributed by atoms with Crippen LogP contribution in [0.15, 0.2) is 21.5 Å². The van der Waals surface area contributed by atoms with E-state index in [1.165, 1.54) is 12.3 Å². The van der Waals surface area contributed by atoms with Gasteiger partial charge in [0.15, 0.2) is 0 Å². The summed E-state index contributed by atoms with van der Waals surface area (Å²) in [5.74, 6) is 5.90. The van der Waals surface area contributed by atoms with Gasteiger partial charge in [-0.25, -0.2) is 0 Å². The van der Waals surface area contributed by atoms with Gasteiger partial charge in [0, 0.05) is 12.5 Å². The highest BCUT2D eigenvalue weighted by atomic mass is 16.5. The monoisotopic (exact) mass is 208 g/mol. The molecule has 0 spiro atoms. The molecule has 0 aliphatic carbocycles. The van der Waals surface area contributed by atoms with E-state index in [9.17, 15) is 4.79 Å². The van der Waals surface area contributed by atoms with Gasteiger partial charge < -0.3 is 14.3 Å². The fourth-order valence-corrected chi connectivity index (χ4v) is 0.964. The SMILES string of the molecule is CC#CCCOc1coc(CO)cc1=O. The van der Waals surface area contributed by atoms with Crippen LogP contribution in [0.4, 0.5) is 0 Å². The van der Waals surface area contributed by atoms with E-state index in [2.05, 4.69) is 11.8 Å². The topological polar surface area (TPSA) is 59.7 Å². The highest BCUT2D eigenvalue weighted by Crippen LogP contribution is 2.05. The third kappa shape index (κ3) is 3.49. The zero-order valence-electron chi connectivity index (χ0n) is 8.45. The average Bonchev–Trinajstić information content (AvgIpc) is 2.26. The smallest absolute Gasteiger partial charge is 0.227 e. The van der Waals surface area contributed by atoms with Crippen LogP contribution < -0.4 is 10.2 Å². The van der Waals surface area contributed by atoms with Crippen molar-refractivity contribution in [2.75, 3.05) is 6.61 Å². The molecule has 0 unspecified atom stereocenters. The minimum absolute atomic E-state index is 0.144. The molecule has 80 valence electrons. The molecule has 1 aromatic heterocycles.